The number of hydrogen-bond acceptors (Lipinski definition) is 5. The zero-order chi connectivity index (χ0) is 12.6. The molecule has 0 unspecified atom stereocenters. The van der Waals surface area contributed by atoms with Crippen LogP contribution < -0.4 is 9.81 Å². The molecule has 0 amide bonds. The Labute approximate surface area is 87.6 Å². The van der Waals surface area contributed by atoms with Crippen LogP contribution in [0.1, 0.15) is 5.76 Å². The van der Waals surface area contributed by atoms with Gasteiger partial charge in [-0.3, -0.25) is 0 Å². The molecule has 1 heterocycles. The van der Waals surface area contributed by atoms with Gasteiger partial charge < -0.3 is 8.60 Å². The van der Waals surface area contributed by atoms with Crippen LogP contribution >= 0.6 is 0 Å². The second kappa shape index (κ2) is 3.81. The SMILES string of the molecule is Cc1cc(OS(=O)(=O)C(F)(F)F)cc(=O)o1. The molecule has 0 saturated heterocycles. The molecule has 0 aromatic carbocycles. The van der Waals surface area contributed by atoms with Crippen molar-refractivity contribution in [3.05, 3.63) is 28.3 Å². The van der Waals surface area contributed by atoms with Crippen LogP contribution in [-0.2, 0) is 10.1 Å². The molecule has 5 nitrogen and oxygen atoms in total. The molecule has 1 aromatic rings. The Bertz CT molecular complexity index is 542. The Balaban J connectivity index is 3.12. The van der Waals surface area contributed by atoms with E-state index in [4.69, 9.17) is 0 Å². The minimum Gasteiger partial charge on any atom is -0.428 e. The van der Waals surface area contributed by atoms with E-state index in [0.29, 0.717) is 6.07 Å². The largest absolute Gasteiger partial charge is 0.534 e. The van der Waals surface area contributed by atoms with Gasteiger partial charge in [0.15, 0.2) is 5.75 Å². The first kappa shape index (κ1) is 12.6. The third kappa shape index (κ3) is 2.75. The van der Waals surface area contributed by atoms with Crippen LogP contribution in [0.2, 0.25) is 0 Å². The van der Waals surface area contributed by atoms with Gasteiger partial charge in [0.2, 0.25) is 0 Å². The number of rotatable bonds is 2. The van der Waals surface area contributed by atoms with E-state index in [1.165, 1.54) is 6.92 Å². The molecule has 1 aromatic heterocycles. The molecule has 0 saturated carbocycles. The number of halogens is 3. The lowest BCUT2D eigenvalue weighted by Gasteiger charge is -2.08. The van der Waals surface area contributed by atoms with Crippen molar-refractivity contribution in [2.45, 2.75) is 12.4 Å². The average Bonchev–Trinajstić information content (AvgIpc) is 1.97. The highest BCUT2D eigenvalue weighted by molar-refractivity contribution is 7.87. The number of alkyl halides is 3. The summed E-state index contributed by atoms with van der Waals surface area (Å²) in [4.78, 5) is 10.7. The minimum absolute atomic E-state index is 0.0696. The van der Waals surface area contributed by atoms with Crippen LogP contribution in [0.25, 0.3) is 0 Å². The summed E-state index contributed by atoms with van der Waals surface area (Å²) in [7, 11) is -5.76. The summed E-state index contributed by atoms with van der Waals surface area (Å²) in [6.07, 6.45) is 0. The van der Waals surface area contributed by atoms with Gasteiger partial charge in [0.1, 0.15) is 5.76 Å². The highest BCUT2D eigenvalue weighted by Gasteiger charge is 2.48. The Morgan fingerprint density at radius 1 is 1.31 bits per heavy atom. The normalized spacial score (nSPS) is 12.5. The van der Waals surface area contributed by atoms with Crippen molar-refractivity contribution in [3.8, 4) is 5.75 Å². The molecule has 9 heteroatoms. The Hall–Kier alpha value is -1.51. The van der Waals surface area contributed by atoms with Crippen molar-refractivity contribution in [2.24, 2.45) is 0 Å². The van der Waals surface area contributed by atoms with E-state index in [1.54, 1.807) is 0 Å². The lowest BCUT2D eigenvalue weighted by Crippen LogP contribution is -2.28. The van der Waals surface area contributed by atoms with Gasteiger partial charge in [-0.05, 0) is 6.92 Å². The van der Waals surface area contributed by atoms with Crippen molar-refractivity contribution in [2.75, 3.05) is 0 Å². The Morgan fingerprint density at radius 2 is 1.88 bits per heavy atom. The third-order valence-corrected chi connectivity index (χ3v) is 2.34. The maximum absolute atomic E-state index is 11.9. The predicted octanol–water partition coefficient (Wildman–Crippen LogP) is 1.18. The minimum atomic E-state index is -5.76. The van der Waals surface area contributed by atoms with E-state index in [1.807, 2.05) is 0 Å². The maximum atomic E-state index is 11.9. The molecule has 0 spiro atoms. The van der Waals surface area contributed by atoms with Crippen LogP contribution in [0.4, 0.5) is 13.2 Å². The summed E-state index contributed by atoms with van der Waals surface area (Å²) in [6, 6.07) is 1.35. The molecule has 0 atom stereocenters. The van der Waals surface area contributed by atoms with E-state index in [9.17, 15) is 26.4 Å². The van der Waals surface area contributed by atoms with Crippen molar-refractivity contribution in [3.63, 3.8) is 0 Å². The summed E-state index contributed by atoms with van der Waals surface area (Å²) in [5, 5.41) is 0. The molecule has 90 valence electrons. The van der Waals surface area contributed by atoms with Crippen molar-refractivity contribution in [1.29, 1.82) is 0 Å². The van der Waals surface area contributed by atoms with Gasteiger partial charge in [-0.15, -0.1) is 0 Å². The summed E-state index contributed by atoms with van der Waals surface area (Å²) in [6.45, 7) is 1.26. The van der Waals surface area contributed by atoms with E-state index < -0.39 is 27.0 Å². The highest BCUT2D eigenvalue weighted by atomic mass is 32.2. The summed E-state index contributed by atoms with van der Waals surface area (Å²) in [5.74, 6) is -0.814. The van der Waals surface area contributed by atoms with Gasteiger partial charge in [0.05, 0.1) is 6.07 Å². The standard InChI is InChI=1S/C7H5F3O5S/c1-4-2-5(3-6(11)14-4)15-16(12,13)7(8,9)10/h2-3H,1H3. The van der Waals surface area contributed by atoms with Crippen LogP contribution in [-0.4, -0.2) is 13.9 Å². The molecule has 0 aliphatic carbocycles. The number of hydrogen-bond donors (Lipinski definition) is 0. The smallest absolute Gasteiger partial charge is 0.428 e. The van der Waals surface area contributed by atoms with Gasteiger partial charge in [-0.25, -0.2) is 4.79 Å². The topological polar surface area (TPSA) is 73.6 Å². The van der Waals surface area contributed by atoms with Gasteiger partial charge in [-0.1, -0.05) is 0 Å². The monoisotopic (exact) mass is 258 g/mol. The van der Waals surface area contributed by atoms with Crippen molar-refractivity contribution < 1.29 is 30.2 Å². The fourth-order valence-electron chi connectivity index (χ4n) is 0.798. The zero-order valence-corrected chi connectivity index (χ0v) is 8.55. The Kier molecular flexibility index (Phi) is 2.99. The van der Waals surface area contributed by atoms with Crippen LogP contribution in [0.3, 0.4) is 0 Å². The van der Waals surface area contributed by atoms with E-state index in [2.05, 4.69) is 8.60 Å². The van der Waals surface area contributed by atoms with E-state index in [0.717, 1.165) is 6.07 Å². The summed E-state index contributed by atoms with van der Waals surface area (Å²) in [5.41, 5.74) is -6.55. The van der Waals surface area contributed by atoms with E-state index in [-0.39, 0.29) is 5.76 Å². The molecule has 0 bridgehead atoms. The second-order valence-corrected chi connectivity index (χ2v) is 4.24. The second-order valence-electron chi connectivity index (χ2n) is 2.71. The molecule has 1 rings (SSSR count). The Morgan fingerprint density at radius 3 is 2.31 bits per heavy atom. The molecular formula is C7H5F3O5S. The molecule has 0 radical (unpaired) electrons. The molecule has 16 heavy (non-hydrogen) atoms. The molecule has 0 aliphatic heterocycles. The van der Waals surface area contributed by atoms with Gasteiger partial charge >= 0.3 is 21.3 Å². The first-order valence-electron chi connectivity index (χ1n) is 3.74. The molecular weight excluding hydrogens is 253 g/mol. The highest BCUT2D eigenvalue weighted by Crippen LogP contribution is 2.26. The maximum Gasteiger partial charge on any atom is 0.534 e. The zero-order valence-electron chi connectivity index (χ0n) is 7.74. The molecule has 0 fully saturated rings. The van der Waals surface area contributed by atoms with Gasteiger partial charge in [0, 0.05) is 6.07 Å². The first-order valence-corrected chi connectivity index (χ1v) is 5.15. The average molecular weight is 258 g/mol. The first-order chi connectivity index (χ1) is 7.12. The molecule has 0 N–H and O–H groups in total. The van der Waals surface area contributed by atoms with Crippen LogP contribution in [0.5, 0.6) is 5.75 Å². The fraction of sp³-hybridized carbons (Fsp3) is 0.286. The number of aryl methyl sites for hydroxylation is 1. The summed E-state index contributed by atoms with van der Waals surface area (Å²) < 4.78 is 65.0. The summed E-state index contributed by atoms with van der Waals surface area (Å²) >= 11 is 0. The van der Waals surface area contributed by atoms with Gasteiger partial charge in [0.25, 0.3) is 0 Å². The quantitative estimate of drug-likeness (QED) is 0.588. The lowest BCUT2D eigenvalue weighted by atomic mass is 10.4. The van der Waals surface area contributed by atoms with Crippen LogP contribution in [0.15, 0.2) is 21.3 Å². The van der Waals surface area contributed by atoms with Crippen molar-refractivity contribution in [1.82, 2.24) is 0 Å². The predicted molar refractivity (Wildman–Crippen MR) is 45.3 cm³/mol. The van der Waals surface area contributed by atoms with E-state index >= 15 is 0 Å². The third-order valence-electron chi connectivity index (χ3n) is 1.36. The fourth-order valence-corrected chi connectivity index (χ4v) is 1.24. The molecule has 0 aliphatic rings. The van der Waals surface area contributed by atoms with Gasteiger partial charge in [-0.2, -0.15) is 21.6 Å². The van der Waals surface area contributed by atoms with Crippen molar-refractivity contribution >= 4 is 10.1 Å². The lowest BCUT2D eigenvalue weighted by molar-refractivity contribution is -0.0500. The van der Waals surface area contributed by atoms with Crippen LogP contribution in [0, 0.1) is 6.92 Å².